The first-order valence-corrected chi connectivity index (χ1v) is 13.8. The minimum Gasteiger partial charge on any atom is -0.458 e. The highest BCUT2D eigenvalue weighted by atomic mass is 19.1. The number of carbonyl (C=O) groups is 1. The number of benzene rings is 1. The van der Waals surface area contributed by atoms with Crippen molar-refractivity contribution in [2.45, 2.75) is 77.4 Å². The summed E-state index contributed by atoms with van der Waals surface area (Å²) < 4.78 is 21.5. The number of likely N-dealkylation sites (tertiary alicyclic amines) is 1. The minimum atomic E-state index is -1.90. The van der Waals surface area contributed by atoms with Crippen molar-refractivity contribution < 1.29 is 24.1 Å². The molecular weight excluding hydrogens is 501 g/mol. The van der Waals surface area contributed by atoms with Crippen LogP contribution in [0.4, 0.5) is 4.39 Å². The Balaban J connectivity index is 1.37. The van der Waals surface area contributed by atoms with Crippen LogP contribution in [0.15, 0.2) is 23.0 Å². The molecular formula is C30H32FN3O5. The smallest absolute Gasteiger partial charge is 0.343 e. The number of esters is 1. The van der Waals surface area contributed by atoms with Crippen LogP contribution in [0.1, 0.15) is 66.8 Å². The van der Waals surface area contributed by atoms with Crippen LogP contribution >= 0.6 is 0 Å². The molecule has 1 saturated carbocycles. The third-order valence-corrected chi connectivity index (χ3v) is 9.94. The van der Waals surface area contributed by atoms with Crippen molar-refractivity contribution in [1.29, 1.82) is 0 Å². The van der Waals surface area contributed by atoms with E-state index in [2.05, 4.69) is 4.90 Å². The molecule has 0 bridgehead atoms. The monoisotopic (exact) mass is 533 g/mol. The first kappa shape index (κ1) is 24.9. The lowest BCUT2D eigenvalue weighted by Gasteiger charge is -2.51. The second-order valence-corrected chi connectivity index (χ2v) is 11.8. The van der Waals surface area contributed by atoms with Crippen LogP contribution in [0.25, 0.3) is 22.3 Å². The van der Waals surface area contributed by atoms with Crippen molar-refractivity contribution in [2.75, 3.05) is 13.1 Å². The van der Waals surface area contributed by atoms with Crippen LogP contribution in [0, 0.1) is 18.2 Å². The van der Waals surface area contributed by atoms with Crippen molar-refractivity contribution in [3.8, 4) is 11.4 Å². The molecule has 7 rings (SSSR count). The molecule has 1 spiro atoms. The van der Waals surface area contributed by atoms with Gasteiger partial charge < -0.3 is 19.5 Å². The van der Waals surface area contributed by atoms with Gasteiger partial charge >= 0.3 is 5.97 Å². The van der Waals surface area contributed by atoms with Gasteiger partial charge in [-0.15, -0.1) is 0 Å². The maximum atomic E-state index is 14.7. The number of halogens is 1. The number of carbonyl (C=O) groups excluding carboxylic acids is 1. The Labute approximate surface area is 225 Å². The summed E-state index contributed by atoms with van der Waals surface area (Å²) in [6.07, 6.45) is 3.72. The quantitative estimate of drug-likeness (QED) is 0.390. The van der Waals surface area contributed by atoms with Gasteiger partial charge in [-0.05, 0) is 80.8 Å². The molecule has 2 N–H and O–H groups in total. The van der Waals surface area contributed by atoms with Gasteiger partial charge in [0.2, 0.25) is 0 Å². The lowest BCUT2D eigenvalue weighted by atomic mass is 9.61. The molecule has 2 aromatic heterocycles. The molecule has 8 nitrogen and oxygen atoms in total. The molecule has 1 aliphatic carbocycles. The summed E-state index contributed by atoms with van der Waals surface area (Å²) in [5, 5.41) is 22.4. The molecule has 9 heteroatoms. The zero-order valence-corrected chi connectivity index (χ0v) is 22.2. The van der Waals surface area contributed by atoms with Crippen molar-refractivity contribution in [3.05, 3.63) is 62.2 Å². The minimum absolute atomic E-state index is 0.0523. The first-order valence-electron chi connectivity index (χ1n) is 13.8. The predicted molar refractivity (Wildman–Crippen MR) is 141 cm³/mol. The zero-order chi connectivity index (χ0) is 27.3. The van der Waals surface area contributed by atoms with E-state index < -0.39 is 11.6 Å². The average Bonchev–Trinajstić information content (AvgIpc) is 3.30. The number of hydrogen-bond acceptors (Lipinski definition) is 7. The number of fused-ring (bicyclic) bond motifs is 5. The molecule has 4 aliphatic rings. The van der Waals surface area contributed by atoms with Gasteiger partial charge in [0.15, 0.2) is 5.60 Å². The van der Waals surface area contributed by atoms with Gasteiger partial charge in [0, 0.05) is 29.1 Å². The number of aliphatic hydroxyl groups excluding tert-OH is 1. The van der Waals surface area contributed by atoms with Gasteiger partial charge in [0.1, 0.15) is 12.4 Å². The Morgan fingerprint density at radius 2 is 1.92 bits per heavy atom. The van der Waals surface area contributed by atoms with Crippen LogP contribution in [-0.2, 0) is 34.8 Å². The van der Waals surface area contributed by atoms with Gasteiger partial charge in [-0.1, -0.05) is 6.92 Å². The normalized spacial score (nSPS) is 25.3. The molecule has 2 fully saturated rings. The Kier molecular flexibility index (Phi) is 5.37. The fourth-order valence-corrected chi connectivity index (χ4v) is 7.12. The summed E-state index contributed by atoms with van der Waals surface area (Å²) in [4.78, 5) is 33.4. The molecule has 3 aliphatic heterocycles. The van der Waals surface area contributed by atoms with Gasteiger partial charge in [-0.25, -0.2) is 14.2 Å². The van der Waals surface area contributed by atoms with Crippen LogP contribution in [0.3, 0.4) is 0 Å². The van der Waals surface area contributed by atoms with E-state index in [1.807, 2.05) is 6.07 Å². The van der Waals surface area contributed by atoms with E-state index in [9.17, 15) is 24.2 Å². The molecule has 3 aromatic rings. The third kappa shape index (κ3) is 3.42. The van der Waals surface area contributed by atoms with Crippen LogP contribution < -0.4 is 5.56 Å². The van der Waals surface area contributed by atoms with Crippen molar-refractivity contribution in [2.24, 2.45) is 5.41 Å². The SMILES string of the molecule is CC[C@@]1(O)C(=O)OCc2c1cc1n(c2=O)Cc2c-1nc1cc(F)c(C)cc1c2CN1CCC2(CCC2O)CC1. The largest absolute Gasteiger partial charge is 0.458 e. The van der Waals surface area contributed by atoms with E-state index in [1.54, 1.807) is 24.5 Å². The summed E-state index contributed by atoms with van der Waals surface area (Å²) in [5.41, 5.74) is 2.47. The van der Waals surface area contributed by atoms with E-state index in [0.717, 1.165) is 55.3 Å². The zero-order valence-electron chi connectivity index (χ0n) is 22.2. The Bertz CT molecular complexity index is 1620. The number of piperidine rings is 1. The lowest BCUT2D eigenvalue weighted by molar-refractivity contribution is -0.172. The summed E-state index contributed by atoms with van der Waals surface area (Å²) in [6.45, 7) is 5.89. The van der Waals surface area contributed by atoms with Gasteiger partial charge in [0.05, 0.1) is 35.1 Å². The summed E-state index contributed by atoms with van der Waals surface area (Å²) in [7, 11) is 0. The molecule has 0 radical (unpaired) electrons. The fraction of sp³-hybridized carbons (Fsp3) is 0.500. The average molecular weight is 534 g/mol. The second kappa shape index (κ2) is 8.43. The second-order valence-electron chi connectivity index (χ2n) is 11.8. The number of ether oxygens (including phenoxy) is 1. The van der Waals surface area contributed by atoms with Gasteiger partial charge in [0.25, 0.3) is 5.56 Å². The van der Waals surface area contributed by atoms with Crippen molar-refractivity contribution >= 4 is 16.9 Å². The molecule has 1 saturated heterocycles. The van der Waals surface area contributed by atoms with E-state index in [4.69, 9.17) is 9.72 Å². The number of cyclic esters (lactones) is 1. The predicted octanol–water partition coefficient (Wildman–Crippen LogP) is 3.26. The number of pyridine rings is 2. The molecule has 0 amide bonds. The first-order chi connectivity index (χ1) is 18.6. The topological polar surface area (TPSA) is 105 Å². The number of hydrogen-bond donors (Lipinski definition) is 2. The highest BCUT2D eigenvalue weighted by molar-refractivity contribution is 5.89. The van der Waals surface area contributed by atoms with Crippen LogP contribution in [0.2, 0.25) is 0 Å². The maximum Gasteiger partial charge on any atom is 0.343 e. The molecule has 1 unspecified atom stereocenters. The molecule has 2 atom stereocenters. The Morgan fingerprint density at radius 3 is 2.59 bits per heavy atom. The number of rotatable bonds is 3. The highest BCUT2D eigenvalue weighted by Crippen LogP contribution is 2.49. The third-order valence-electron chi connectivity index (χ3n) is 9.94. The van der Waals surface area contributed by atoms with E-state index >= 15 is 0 Å². The van der Waals surface area contributed by atoms with Crippen molar-refractivity contribution in [3.63, 3.8) is 0 Å². The summed E-state index contributed by atoms with van der Waals surface area (Å²) >= 11 is 0. The van der Waals surface area contributed by atoms with E-state index in [0.29, 0.717) is 35.6 Å². The molecule has 204 valence electrons. The number of aryl methyl sites for hydroxylation is 1. The summed E-state index contributed by atoms with van der Waals surface area (Å²) in [6, 6.07) is 4.99. The highest BCUT2D eigenvalue weighted by Gasteiger charge is 2.48. The maximum absolute atomic E-state index is 14.7. The number of nitrogens with zero attached hydrogens (tertiary/aromatic N) is 3. The van der Waals surface area contributed by atoms with Gasteiger partial charge in [-0.2, -0.15) is 0 Å². The van der Waals surface area contributed by atoms with Crippen LogP contribution in [0.5, 0.6) is 0 Å². The van der Waals surface area contributed by atoms with E-state index in [1.165, 1.54) is 6.07 Å². The molecule has 1 aromatic carbocycles. The number of aromatic nitrogens is 2. The Morgan fingerprint density at radius 1 is 1.15 bits per heavy atom. The Hall–Kier alpha value is -3.14. The lowest BCUT2D eigenvalue weighted by Crippen LogP contribution is -2.52. The standard InChI is InChI=1S/C30H32FN3O5/c1-3-30(38)21-11-24-26-19(14-34(24)27(36)20(21)15-39-28(30)37)18(17-10-16(2)22(31)12-23(17)32-26)13-33-8-6-29(7-9-33)5-4-25(29)35/h10-12,25,35,38H,3-9,13-15H2,1-2H3/t25?,30-/m0/s1. The fourth-order valence-electron chi connectivity index (χ4n) is 7.12. The van der Waals surface area contributed by atoms with E-state index in [-0.39, 0.29) is 47.1 Å². The van der Waals surface area contributed by atoms with Gasteiger partial charge in [-0.3, -0.25) is 9.69 Å². The molecule has 39 heavy (non-hydrogen) atoms. The van der Waals surface area contributed by atoms with Crippen LogP contribution in [-0.4, -0.2) is 49.8 Å². The number of aliphatic hydroxyl groups is 2. The summed E-state index contributed by atoms with van der Waals surface area (Å²) in [5.74, 6) is -1.10. The molecule has 5 heterocycles. The van der Waals surface area contributed by atoms with Crippen molar-refractivity contribution in [1.82, 2.24) is 14.5 Å².